The summed E-state index contributed by atoms with van der Waals surface area (Å²) in [6.07, 6.45) is 0.531. The lowest BCUT2D eigenvalue weighted by Gasteiger charge is -2.14. The van der Waals surface area contributed by atoms with Crippen molar-refractivity contribution in [3.05, 3.63) is 65.2 Å². The first kappa shape index (κ1) is 14.9. The van der Waals surface area contributed by atoms with E-state index >= 15 is 0 Å². The molecule has 2 aromatic carbocycles. The first-order chi connectivity index (χ1) is 10.1. The van der Waals surface area contributed by atoms with Crippen LogP contribution in [-0.4, -0.2) is 6.54 Å². The first-order valence-corrected chi connectivity index (χ1v) is 6.55. The number of nitrogens with zero attached hydrogens (tertiary/aromatic N) is 1. The largest absolute Gasteiger partial charge is 0.380 e. The number of hydrogen-bond acceptors (Lipinski definition) is 3. The van der Waals surface area contributed by atoms with E-state index in [1.807, 2.05) is 30.3 Å². The van der Waals surface area contributed by atoms with E-state index in [0.29, 0.717) is 13.0 Å². The molecule has 2 rings (SSSR count). The molecule has 108 valence electrons. The molecule has 0 aliphatic heterocycles. The number of nitrogens with one attached hydrogen (secondary N) is 1. The molecule has 1 atom stereocenters. The van der Waals surface area contributed by atoms with Gasteiger partial charge in [-0.1, -0.05) is 30.3 Å². The highest BCUT2D eigenvalue weighted by Crippen LogP contribution is 2.21. The van der Waals surface area contributed by atoms with Gasteiger partial charge in [0.1, 0.15) is 5.69 Å². The highest BCUT2D eigenvalue weighted by molar-refractivity contribution is 5.50. The van der Waals surface area contributed by atoms with E-state index < -0.39 is 11.6 Å². The van der Waals surface area contributed by atoms with E-state index in [2.05, 4.69) is 5.32 Å². The van der Waals surface area contributed by atoms with Crippen LogP contribution in [0.25, 0.3) is 0 Å². The van der Waals surface area contributed by atoms with Crippen molar-refractivity contribution in [1.29, 1.82) is 5.26 Å². The minimum atomic E-state index is -0.778. The van der Waals surface area contributed by atoms with Crippen LogP contribution < -0.4 is 11.1 Å². The SMILES string of the molecule is N#Cc1cc(F)c(NCCC(N)c2ccccc2)c(F)c1. The normalized spacial score (nSPS) is 11.7. The van der Waals surface area contributed by atoms with Crippen molar-refractivity contribution in [2.75, 3.05) is 11.9 Å². The molecular formula is C16H15F2N3. The standard InChI is InChI=1S/C16H15F2N3/c17-13-8-11(10-19)9-14(18)16(13)21-7-6-15(20)12-4-2-1-3-5-12/h1-5,8-9,15,21H,6-7,20H2. The van der Waals surface area contributed by atoms with Crippen molar-refractivity contribution >= 4 is 5.69 Å². The third kappa shape index (κ3) is 3.77. The van der Waals surface area contributed by atoms with Crippen LogP contribution in [0.2, 0.25) is 0 Å². The van der Waals surface area contributed by atoms with Gasteiger partial charge >= 0.3 is 0 Å². The molecule has 0 heterocycles. The van der Waals surface area contributed by atoms with Gasteiger partial charge < -0.3 is 11.1 Å². The lowest BCUT2D eigenvalue weighted by molar-refractivity contribution is 0.584. The Balaban J connectivity index is 1.97. The second kappa shape index (κ2) is 6.82. The van der Waals surface area contributed by atoms with Gasteiger partial charge in [-0.05, 0) is 24.1 Å². The molecule has 0 radical (unpaired) electrons. The van der Waals surface area contributed by atoms with E-state index in [-0.39, 0.29) is 17.3 Å². The summed E-state index contributed by atoms with van der Waals surface area (Å²) >= 11 is 0. The maximum atomic E-state index is 13.7. The van der Waals surface area contributed by atoms with Crippen molar-refractivity contribution in [2.24, 2.45) is 5.73 Å². The van der Waals surface area contributed by atoms with Crippen LogP contribution in [0.1, 0.15) is 23.6 Å². The van der Waals surface area contributed by atoms with Crippen LogP contribution in [-0.2, 0) is 0 Å². The second-order valence-electron chi connectivity index (χ2n) is 4.66. The van der Waals surface area contributed by atoms with E-state index in [0.717, 1.165) is 17.7 Å². The van der Waals surface area contributed by atoms with Crippen molar-refractivity contribution < 1.29 is 8.78 Å². The number of nitrogens with two attached hydrogens (primary N) is 1. The lowest BCUT2D eigenvalue weighted by Crippen LogP contribution is -2.16. The molecule has 0 bridgehead atoms. The average Bonchev–Trinajstić information content (AvgIpc) is 2.50. The number of halogens is 2. The van der Waals surface area contributed by atoms with Gasteiger partial charge in [-0.3, -0.25) is 0 Å². The molecule has 0 saturated heterocycles. The van der Waals surface area contributed by atoms with Crippen LogP contribution in [0, 0.1) is 23.0 Å². The summed E-state index contributed by atoms with van der Waals surface area (Å²) in [4.78, 5) is 0. The summed E-state index contributed by atoms with van der Waals surface area (Å²) in [6.45, 7) is 0.329. The molecular weight excluding hydrogens is 272 g/mol. The highest BCUT2D eigenvalue weighted by atomic mass is 19.1. The van der Waals surface area contributed by atoms with Crippen LogP contribution >= 0.6 is 0 Å². The van der Waals surface area contributed by atoms with Gasteiger partial charge in [-0.15, -0.1) is 0 Å². The van der Waals surface area contributed by atoms with Gasteiger partial charge in [0.2, 0.25) is 0 Å². The minimum Gasteiger partial charge on any atom is -0.380 e. The van der Waals surface area contributed by atoms with Gasteiger partial charge in [0.25, 0.3) is 0 Å². The predicted octanol–water partition coefficient (Wildman–Crippen LogP) is 3.34. The van der Waals surface area contributed by atoms with Crippen LogP contribution in [0.15, 0.2) is 42.5 Å². The molecule has 2 aromatic rings. The summed E-state index contributed by atoms with van der Waals surface area (Å²) in [5.41, 5.74) is 6.71. The van der Waals surface area contributed by atoms with E-state index in [1.165, 1.54) is 0 Å². The van der Waals surface area contributed by atoms with Gasteiger partial charge in [0.05, 0.1) is 11.6 Å². The van der Waals surface area contributed by atoms with Gasteiger partial charge in [-0.2, -0.15) is 5.26 Å². The predicted molar refractivity (Wildman–Crippen MR) is 77.6 cm³/mol. The Bertz CT molecular complexity index is 627. The fraction of sp³-hybridized carbons (Fsp3) is 0.188. The van der Waals surface area contributed by atoms with Crippen LogP contribution in [0.3, 0.4) is 0 Å². The molecule has 0 amide bonds. The Hall–Kier alpha value is -2.45. The highest BCUT2D eigenvalue weighted by Gasteiger charge is 2.12. The summed E-state index contributed by atoms with van der Waals surface area (Å²) < 4.78 is 27.3. The molecule has 0 aliphatic rings. The fourth-order valence-electron chi connectivity index (χ4n) is 2.03. The van der Waals surface area contributed by atoms with Crippen LogP contribution in [0.5, 0.6) is 0 Å². The molecule has 0 saturated carbocycles. The monoisotopic (exact) mass is 287 g/mol. The molecule has 0 aromatic heterocycles. The van der Waals surface area contributed by atoms with Crippen molar-refractivity contribution in [2.45, 2.75) is 12.5 Å². The Labute approximate surface area is 122 Å². The Kier molecular flexibility index (Phi) is 4.85. The quantitative estimate of drug-likeness (QED) is 0.886. The minimum absolute atomic E-state index is 0.0449. The third-order valence-corrected chi connectivity index (χ3v) is 3.16. The van der Waals surface area contributed by atoms with Crippen LogP contribution in [0.4, 0.5) is 14.5 Å². The summed E-state index contributed by atoms with van der Waals surface area (Å²) in [5.74, 6) is -1.56. The molecule has 0 aliphatic carbocycles. The van der Waals surface area contributed by atoms with Gasteiger partial charge in [-0.25, -0.2) is 8.78 Å². The second-order valence-corrected chi connectivity index (χ2v) is 4.66. The fourth-order valence-corrected chi connectivity index (χ4v) is 2.03. The number of nitriles is 1. The van der Waals surface area contributed by atoms with Crippen molar-refractivity contribution in [3.63, 3.8) is 0 Å². The number of anilines is 1. The third-order valence-electron chi connectivity index (χ3n) is 3.16. The summed E-state index contributed by atoms with van der Waals surface area (Å²) in [7, 11) is 0. The Morgan fingerprint density at radius 3 is 2.33 bits per heavy atom. The first-order valence-electron chi connectivity index (χ1n) is 6.55. The Morgan fingerprint density at radius 1 is 1.14 bits per heavy atom. The van der Waals surface area contributed by atoms with E-state index in [1.54, 1.807) is 6.07 Å². The van der Waals surface area contributed by atoms with E-state index in [9.17, 15) is 8.78 Å². The van der Waals surface area contributed by atoms with Crippen molar-refractivity contribution in [1.82, 2.24) is 0 Å². The summed E-state index contributed by atoms with van der Waals surface area (Å²) in [5, 5.41) is 11.3. The lowest BCUT2D eigenvalue weighted by atomic mass is 10.0. The molecule has 5 heteroatoms. The van der Waals surface area contributed by atoms with Gasteiger partial charge in [0.15, 0.2) is 11.6 Å². The number of benzene rings is 2. The zero-order chi connectivity index (χ0) is 15.2. The summed E-state index contributed by atoms with van der Waals surface area (Å²) in [6, 6.07) is 13.0. The van der Waals surface area contributed by atoms with Crippen molar-refractivity contribution in [3.8, 4) is 6.07 Å². The molecule has 1 unspecified atom stereocenters. The number of hydrogen-bond donors (Lipinski definition) is 2. The molecule has 3 N–H and O–H groups in total. The molecule has 21 heavy (non-hydrogen) atoms. The maximum Gasteiger partial charge on any atom is 0.150 e. The zero-order valence-corrected chi connectivity index (χ0v) is 11.3. The Morgan fingerprint density at radius 2 is 1.76 bits per heavy atom. The molecule has 3 nitrogen and oxygen atoms in total. The molecule has 0 fully saturated rings. The number of rotatable bonds is 5. The smallest absolute Gasteiger partial charge is 0.150 e. The zero-order valence-electron chi connectivity index (χ0n) is 11.3. The maximum absolute atomic E-state index is 13.7. The topological polar surface area (TPSA) is 61.8 Å². The van der Waals surface area contributed by atoms with E-state index in [4.69, 9.17) is 11.0 Å². The molecule has 0 spiro atoms. The average molecular weight is 287 g/mol. The van der Waals surface area contributed by atoms with Gasteiger partial charge in [0, 0.05) is 12.6 Å².